The first kappa shape index (κ1) is 22.6. The minimum atomic E-state index is -0.107. The predicted octanol–water partition coefficient (Wildman–Crippen LogP) is -0.854. The van der Waals surface area contributed by atoms with E-state index in [9.17, 15) is 4.79 Å². The highest BCUT2D eigenvalue weighted by Crippen LogP contribution is 2.32. The number of ether oxygens (including phenoxy) is 3. The lowest BCUT2D eigenvalue weighted by Gasteiger charge is -2.29. The summed E-state index contributed by atoms with van der Waals surface area (Å²) >= 11 is 0. The molecule has 0 unspecified atom stereocenters. The van der Waals surface area contributed by atoms with Crippen LogP contribution in [0.2, 0.25) is 0 Å². The Morgan fingerprint density at radius 2 is 1.58 bits per heavy atom. The van der Waals surface area contributed by atoms with E-state index in [2.05, 4.69) is 34.8 Å². The normalized spacial score (nSPS) is 18.5. The maximum Gasteiger partial charge on any atom is 0.295 e. The molecule has 8 heteroatoms. The second-order valence-electron chi connectivity index (χ2n) is 7.58. The van der Waals surface area contributed by atoms with E-state index < -0.39 is 0 Å². The maximum absolute atomic E-state index is 12.3. The van der Waals surface area contributed by atoms with Gasteiger partial charge < -0.3 is 24.0 Å². The Bertz CT molecular complexity index is 855. The van der Waals surface area contributed by atoms with E-state index in [4.69, 9.17) is 14.2 Å². The summed E-state index contributed by atoms with van der Waals surface area (Å²) in [6.45, 7) is 5.50. The third kappa shape index (κ3) is 6.44. The third-order valence-electron chi connectivity index (χ3n) is 5.51. The zero-order valence-electron chi connectivity index (χ0n) is 18.4. The molecule has 1 amide bonds. The Hall–Kier alpha value is -3.10. The van der Waals surface area contributed by atoms with Gasteiger partial charge >= 0.3 is 0 Å². The van der Waals surface area contributed by atoms with Crippen molar-refractivity contribution in [1.29, 1.82) is 0 Å². The average Bonchev–Trinajstić information content (AvgIpc) is 2.80. The topological polar surface area (TPSA) is 78.0 Å². The molecule has 0 spiro atoms. The van der Waals surface area contributed by atoms with Crippen molar-refractivity contribution in [2.75, 3.05) is 54.1 Å². The van der Waals surface area contributed by atoms with Crippen LogP contribution in [0.25, 0.3) is 0 Å². The molecule has 1 aliphatic rings. The van der Waals surface area contributed by atoms with Gasteiger partial charge in [-0.2, -0.15) is 5.10 Å². The summed E-state index contributed by atoms with van der Waals surface area (Å²) in [5, 5.41) is 4.11. The molecule has 31 heavy (non-hydrogen) atoms. The second-order valence-corrected chi connectivity index (χ2v) is 7.58. The predicted molar refractivity (Wildman–Crippen MR) is 118 cm³/mol. The Balaban J connectivity index is 1.48. The number of hydrogen-bond donors (Lipinski definition) is 3. The van der Waals surface area contributed by atoms with E-state index >= 15 is 0 Å². The van der Waals surface area contributed by atoms with Crippen molar-refractivity contribution in [3.63, 3.8) is 0 Å². The van der Waals surface area contributed by atoms with E-state index in [1.165, 1.54) is 16.7 Å². The molecule has 8 nitrogen and oxygen atoms in total. The van der Waals surface area contributed by atoms with Crippen molar-refractivity contribution in [3.05, 3.63) is 53.6 Å². The number of methoxy groups -OCH3 is 3. The van der Waals surface area contributed by atoms with Crippen LogP contribution in [0.1, 0.15) is 11.1 Å². The van der Waals surface area contributed by atoms with E-state index in [0.29, 0.717) is 29.4 Å². The molecule has 0 aromatic heterocycles. The van der Waals surface area contributed by atoms with Crippen LogP contribution in [0.3, 0.4) is 0 Å². The molecule has 1 saturated heterocycles. The standard InChI is InChI=1S/C23H30N4O4/c1-29-19-13-21(30-2)20(22(14-19)31-3)15-24-25-23(28)17-27-11-9-26(10-12-27)16-18-7-5-4-6-8-18/h4-8,13-15H,9-12,16-17H2,1-3H3,(H,25,28)/p+2/b24-15-. The maximum atomic E-state index is 12.3. The first-order valence-electron chi connectivity index (χ1n) is 10.5. The zero-order valence-corrected chi connectivity index (χ0v) is 18.4. The van der Waals surface area contributed by atoms with Gasteiger partial charge in [-0.3, -0.25) is 4.79 Å². The highest BCUT2D eigenvalue weighted by Gasteiger charge is 2.24. The summed E-state index contributed by atoms with van der Waals surface area (Å²) in [6, 6.07) is 14.0. The fourth-order valence-corrected chi connectivity index (χ4v) is 3.79. The quantitative estimate of drug-likeness (QED) is 0.359. The van der Waals surface area contributed by atoms with E-state index in [1.807, 2.05) is 6.07 Å². The zero-order chi connectivity index (χ0) is 22.1. The lowest BCUT2D eigenvalue weighted by Crippen LogP contribution is -3.28. The number of nitrogens with one attached hydrogen (secondary N) is 3. The van der Waals surface area contributed by atoms with Crippen LogP contribution in [-0.4, -0.2) is 66.2 Å². The molecule has 0 aliphatic carbocycles. The van der Waals surface area contributed by atoms with E-state index in [-0.39, 0.29) is 5.91 Å². The van der Waals surface area contributed by atoms with E-state index in [1.54, 1.807) is 38.4 Å². The first-order chi connectivity index (χ1) is 15.1. The number of benzene rings is 2. The van der Waals surface area contributed by atoms with Crippen molar-refractivity contribution in [3.8, 4) is 17.2 Å². The largest absolute Gasteiger partial charge is 0.496 e. The van der Waals surface area contributed by atoms with Gasteiger partial charge in [0.2, 0.25) is 0 Å². The molecule has 0 bridgehead atoms. The van der Waals surface area contributed by atoms with Crippen LogP contribution in [0.15, 0.2) is 47.6 Å². The molecule has 0 saturated carbocycles. The minimum Gasteiger partial charge on any atom is -0.496 e. The molecule has 1 heterocycles. The lowest BCUT2D eigenvalue weighted by molar-refractivity contribution is -1.02. The fourth-order valence-electron chi connectivity index (χ4n) is 3.79. The van der Waals surface area contributed by atoms with Gasteiger partial charge in [-0.05, 0) is 0 Å². The van der Waals surface area contributed by atoms with Crippen LogP contribution in [0.5, 0.6) is 17.2 Å². The Kier molecular flexibility index (Phi) is 8.26. The Labute approximate surface area is 183 Å². The Morgan fingerprint density at radius 3 is 2.16 bits per heavy atom. The van der Waals surface area contributed by atoms with Gasteiger partial charge in [0.15, 0.2) is 6.54 Å². The summed E-state index contributed by atoms with van der Waals surface area (Å²) in [4.78, 5) is 15.2. The summed E-state index contributed by atoms with van der Waals surface area (Å²) in [7, 11) is 4.70. The fraction of sp³-hybridized carbons (Fsp3) is 0.391. The van der Waals surface area contributed by atoms with Gasteiger partial charge in [-0.25, -0.2) is 5.43 Å². The van der Waals surface area contributed by atoms with Gasteiger partial charge in [-0.15, -0.1) is 0 Å². The number of hydrazone groups is 1. The number of quaternary nitrogens is 2. The number of rotatable bonds is 9. The van der Waals surface area contributed by atoms with Crippen LogP contribution in [-0.2, 0) is 11.3 Å². The first-order valence-corrected chi connectivity index (χ1v) is 10.5. The number of carbonyl (C=O) groups excluding carboxylic acids is 1. The second kappa shape index (κ2) is 11.3. The summed E-state index contributed by atoms with van der Waals surface area (Å²) in [5.41, 5.74) is 4.62. The monoisotopic (exact) mass is 428 g/mol. The van der Waals surface area contributed by atoms with Crippen LogP contribution < -0.4 is 29.4 Å². The van der Waals surface area contributed by atoms with Crippen LogP contribution in [0.4, 0.5) is 0 Å². The van der Waals surface area contributed by atoms with Crippen molar-refractivity contribution in [2.45, 2.75) is 6.54 Å². The highest BCUT2D eigenvalue weighted by molar-refractivity contribution is 5.89. The average molecular weight is 429 g/mol. The van der Waals surface area contributed by atoms with E-state index in [0.717, 1.165) is 32.7 Å². The molecular formula is C23H32N4O4+2. The van der Waals surface area contributed by atoms with Gasteiger partial charge in [0, 0.05) is 17.7 Å². The number of carbonyl (C=O) groups is 1. The number of hydrogen-bond acceptors (Lipinski definition) is 5. The molecule has 2 aromatic rings. The van der Waals surface area contributed by atoms with Crippen molar-refractivity contribution in [2.24, 2.45) is 5.10 Å². The highest BCUT2D eigenvalue weighted by atomic mass is 16.5. The smallest absolute Gasteiger partial charge is 0.295 e. The van der Waals surface area contributed by atoms with Crippen LogP contribution >= 0.6 is 0 Å². The molecule has 3 rings (SSSR count). The molecular weight excluding hydrogens is 396 g/mol. The van der Waals surface area contributed by atoms with Crippen LogP contribution in [0, 0.1) is 0 Å². The molecule has 2 aromatic carbocycles. The van der Waals surface area contributed by atoms with Crippen molar-refractivity contribution in [1.82, 2.24) is 5.43 Å². The summed E-state index contributed by atoms with van der Waals surface area (Å²) in [6.07, 6.45) is 1.53. The molecule has 166 valence electrons. The summed E-state index contributed by atoms with van der Waals surface area (Å²) in [5.74, 6) is 1.62. The molecule has 3 N–H and O–H groups in total. The summed E-state index contributed by atoms with van der Waals surface area (Å²) < 4.78 is 16.0. The van der Waals surface area contributed by atoms with Crippen molar-refractivity contribution >= 4 is 12.1 Å². The molecule has 0 radical (unpaired) electrons. The SMILES string of the molecule is COc1cc(OC)c(/C=N\NC(=O)C[NH+]2CC[NH+](Cc3ccccc3)CC2)c(OC)c1. The van der Waals surface area contributed by atoms with Gasteiger partial charge in [0.25, 0.3) is 5.91 Å². The molecule has 1 fully saturated rings. The van der Waals surface area contributed by atoms with Gasteiger partial charge in [0.05, 0.1) is 33.1 Å². The Morgan fingerprint density at radius 1 is 0.968 bits per heavy atom. The molecule has 0 atom stereocenters. The lowest BCUT2D eigenvalue weighted by atomic mass is 10.2. The number of nitrogens with zero attached hydrogens (tertiary/aromatic N) is 1. The number of piperazine rings is 1. The van der Waals surface area contributed by atoms with Gasteiger partial charge in [-0.1, -0.05) is 30.3 Å². The molecule has 1 aliphatic heterocycles. The number of amides is 1. The minimum absolute atomic E-state index is 0.107. The third-order valence-corrected chi connectivity index (χ3v) is 5.51. The van der Waals surface area contributed by atoms with Gasteiger partial charge in [0.1, 0.15) is 50.0 Å². The van der Waals surface area contributed by atoms with Crippen molar-refractivity contribution < 1.29 is 28.8 Å².